The third-order valence-electron chi connectivity index (χ3n) is 1.89. The van der Waals surface area contributed by atoms with Crippen molar-refractivity contribution in [3.05, 3.63) is 0 Å². The molecule has 11 heavy (non-hydrogen) atoms. The number of aliphatic hydroxyl groups excluding tert-OH is 2. The van der Waals surface area contributed by atoms with Gasteiger partial charge in [0.15, 0.2) is 0 Å². The van der Waals surface area contributed by atoms with Crippen molar-refractivity contribution in [3.8, 4) is 0 Å². The van der Waals surface area contributed by atoms with Crippen molar-refractivity contribution in [2.24, 2.45) is 0 Å². The van der Waals surface area contributed by atoms with E-state index in [-0.39, 0.29) is 18.8 Å². The van der Waals surface area contributed by atoms with E-state index in [0.29, 0.717) is 13.1 Å². The minimum absolute atomic E-state index is 0.117. The molecule has 0 aromatic rings. The summed E-state index contributed by atoms with van der Waals surface area (Å²) in [4.78, 5) is 1.24. The fourth-order valence-electron chi connectivity index (χ4n) is 1.14. The third kappa shape index (κ3) is 4.35. The second-order valence-electron chi connectivity index (χ2n) is 3.80. The molecule has 0 rings (SSSR count). The van der Waals surface area contributed by atoms with Crippen molar-refractivity contribution in [2.45, 2.75) is 26.3 Å². The Bertz CT molecular complexity index is 92.8. The van der Waals surface area contributed by atoms with Crippen LogP contribution in [0.1, 0.15) is 20.8 Å². The largest absolute Gasteiger partial charge is 0.391 e. The minimum atomic E-state index is 0.117. The van der Waals surface area contributed by atoms with Crippen LogP contribution in [-0.2, 0) is 0 Å². The normalized spacial score (nSPS) is 12.5. The van der Waals surface area contributed by atoms with Crippen molar-refractivity contribution >= 4 is 0 Å². The lowest BCUT2D eigenvalue weighted by Gasteiger charge is -2.31. The predicted octanol–water partition coefficient (Wildman–Crippen LogP) is -1.35. The van der Waals surface area contributed by atoms with Crippen molar-refractivity contribution in [1.82, 2.24) is 0 Å². The summed E-state index contributed by atoms with van der Waals surface area (Å²) in [6.07, 6.45) is 0. The van der Waals surface area contributed by atoms with Gasteiger partial charge in [-0.15, -0.1) is 0 Å². The zero-order valence-corrected chi connectivity index (χ0v) is 7.72. The molecule has 0 unspecified atom stereocenters. The second-order valence-corrected chi connectivity index (χ2v) is 3.80. The maximum atomic E-state index is 8.72. The van der Waals surface area contributed by atoms with Crippen LogP contribution in [0.3, 0.4) is 0 Å². The van der Waals surface area contributed by atoms with Gasteiger partial charge in [0.1, 0.15) is 13.1 Å². The van der Waals surface area contributed by atoms with Crippen LogP contribution >= 0.6 is 0 Å². The summed E-state index contributed by atoms with van der Waals surface area (Å²) in [7, 11) is 0. The standard InChI is InChI=1S/C8H19NO2/c1-8(2,3)9(4-6-10)5-7-11/h10-11H,4-7H2,1-3H3/p+1. The molecular formula is C8H20NO2+. The van der Waals surface area contributed by atoms with E-state index < -0.39 is 0 Å². The smallest absolute Gasteiger partial charge is 0.101 e. The first-order chi connectivity index (χ1) is 5.02. The van der Waals surface area contributed by atoms with Gasteiger partial charge in [0.2, 0.25) is 0 Å². The fourth-order valence-corrected chi connectivity index (χ4v) is 1.14. The number of quaternary nitrogens is 1. The molecular weight excluding hydrogens is 142 g/mol. The maximum Gasteiger partial charge on any atom is 0.101 e. The summed E-state index contributed by atoms with van der Waals surface area (Å²) in [5.41, 5.74) is 0.117. The van der Waals surface area contributed by atoms with Gasteiger partial charge in [-0.1, -0.05) is 0 Å². The molecule has 0 fully saturated rings. The molecule has 0 spiro atoms. The molecule has 3 nitrogen and oxygen atoms in total. The van der Waals surface area contributed by atoms with Gasteiger partial charge in [-0.2, -0.15) is 0 Å². The van der Waals surface area contributed by atoms with Gasteiger partial charge in [-0.3, -0.25) is 0 Å². The summed E-state index contributed by atoms with van der Waals surface area (Å²) in [6, 6.07) is 0. The average Bonchev–Trinajstić information content (AvgIpc) is 1.85. The van der Waals surface area contributed by atoms with E-state index in [4.69, 9.17) is 10.2 Å². The predicted molar refractivity (Wildman–Crippen MR) is 44.6 cm³/mol. The molecule has 0 aromatic heterocycles. The number of hydrogen-bond acceptors (Lipinski definition) is 2. The summed E-state index contributed by atoms with van der Waals surface area (Å²) in [6.45, 7) is 8.11. The summed E-state index contributed by atoms with van der Waals surface area (Å²) >= 11 is 0. The molecule has 68 valence electrons. The van der Waals surface area contributed by atoms with Gasteiger partial charge in [0.25, 0.3) is 0 Å². The topological polar surface area (TPSA) is 44.9 Å². The Morgan fingerprint density at radius 1 is 1.00 bits per heavy atom. The van der Waals surface area contributed by atoms with Crippen LogP contribution in [-0.4, -0.2) is 42.1 Å². The molecule has 0 radical (unpaired) electrons. The SMILES string of the molecule is CC(C)(C)[NH+](CCO)CCO. The molecule has 0 saturated carbocycles. The van der Waals surface area contributed by atoms with Crippen LogP contribution in [0.15, 0.2) is 0 Å². The molecule has 0 aliphatic heterocycles. The van der Waals surface area contributed by atoms with Crippen LogP contribution in [0.5, 0.6) is 0 Å². The molecule has 0 amide bonds. The van der Waals surface area contributed by atoms with Gasteiger partial charge in [0.05, 0.1) is 18.8 Å². The highest BCUT2D eigenvalue weighted by atomic mass is 16.3. The Hall–Kier alpha value is -0.120. The van der Waals surface area contributed by atoms with Crippen molar-refractivity contribution in [2.75, 3.05) is 26.3 Å². The van der Waals surface area contributed by atoms with E-state index in [1.165, 1.54) is 4.90 Å². The lowest BCUT2D eigenvalue weighted by Crippen LogP contribution is -3.19. The Labute approximate surface area is 68.6 Å². The number of rotatable bonds is 4. The summed E-state index contributed by atoms with van der Waals surface area (Å²) in [5, 5.41) is 17.4. The van der Waals surface area contributed by atoms with Crippen LogP contribution in [0, 0.1) is 0 Å². The zero-order valence-electron chi connectivity index (χ0n) is 7.72. The molecule has 0 aliphatic rings. The van der Waals surface area contributed by atoms with Crippen molar-refractivity contribution in [1.29, 1.82) is 0 Å². The molecule has 0 bridgehead atoms. The Morgan fingerprint density at radius 2 is 1.36 bits per heavy atom. The van der Waals surface area contributed by atoms with E-state index in [9.17, 15) is 0 Å². The number of hydrogen-bond donors (Lipinski definition) is 3. The zero-order chi connectivity index (χ0) is 8.91. The lowest BCUT2D eigenvalue weighted by molar-refractivity contribution is -0.947. The van der Waals surface area contributed by atoms with Crippen LogP contribution in [0.25, 0.3) is 0 Å². The first kappa shape index (κ1) is 10.9. The molecule has 0 heterocycles. The first-order valence-electron chi connectivity index (χ1n) is 4.09. The molecule has 3 heteroatoms. The van der Waals surface area contributed by atoms with Gasteiger partial charge in [-0.05, 0) is 20.8 Å². The van der Waals surface area contributed by atoms with Crippen LogP contribution in [0.4, 0.5) is 0 Å². The minimum Gasteiger partial charge on any atom is -0.391 e. The van der Waals surface area contributed by atoms with Crippen molar-refractivity contribution in [3.63, 3.8) is 0 Å². The van der Waals surface area contributed by atoms with Gasteiger partial charge >= 0.3 is 0 Å². The monoisotopic (exact) mass is 162 g/mol. The Morgan fingerprint density at radius 3 is 1.55 bits per heavy atom. The van der Waals surface area contributed by atoms with Gasteiger partial charge in [-0.25, -0.2) is 0 Å². The molecule has 0 atom stereocenters. The molecule has 3 N–H and O–H groups in total. The summed E-state index contributed by atoms with van der Waals surface area (Å²) < 4.78 is 0. The highest BCUT2D eigenvalue weighted by Gasteiger charge is 2.23. The van der Waals surface area contributed by atoms with E-state index in [1.807, 2.05) is 0 Å². The van der Waals surface area contributed by atoms with Crippen LogP contribution in [0.2, 0.25) is 0 Å². The van der Waals surface area contributed by atoms with Gasteiger partial charge < -0.3 is 15.1 Å². The van der Waals surface area contributed by atoms with E-state index >= 15 is 0 Å². The number of nitrogens with one attached hydrogen (secondary N) is 1. The quantitative estimate of drug-likeness (QED) is 0.479. The molecule has 0 aromatic carbocycles. The molecule has 0 saturated heterocycles. The number of aliphatic hydroxyl groups is 2. The fraction of sp³-hybridized carbons (Fsp3) is 1.00. The Balaban J connectivity index is 3.88. The van der Waals surface area contributed by atoms with Crippen molar-refractivity contribution < 1.29 is 15.1 Å². The van der Waals surface area contributed by atoms with E-state index in [2.05, 4.69) is 20.8 Å². The average molecular weight is 162 g/mol. The lowest BCUT2D eigenvalue weighted by atomic mass is 10.1. The summed E-state index contributed by atoms with van der Waals surface area (Å²) in [5.74, 6) is 0. The third-order valence-corrected chi connectivity index (χ3v) is 1.89. The van der Waals surface area contributed by atoms with E-state index in [0.717, 1.165) is 0 Å². The highest BCUT2D eigenvalue weighted by molar-refractivity contribution is 4.56. The van der Waals surface area contributed by atoms with Gasteiger partial charge in [0, 0.05) is 0 Å². The first-order valence-corrected chi connectivity index (χ1v) is 4.09. The van der Waals surface area contributed by atoms with Crippen LogP contribution < -0.4 is 4.90 Å². The van der Waals surface area contributed by atoms with E-state index in [1.54, 1.807) is 0 Å². The second kappa shape index (κ2) is 4.70. The highest BCUT2D eigenvalue weighted by Crippen LogP contribution is 1.90. The Kier molecular flexibility index (Phi) is 4.65. The maximum absolute atomic E-state index is 8.72. The molecule has 0 aliphatic carbocycles.